The summed E-state index contributed by atoms with van der Waals surface area (Å²) in [5.41, 5.74) is 12.3. The molecule has 5 N–H and O–H groups in total. The normalized spacial score (nSPS) is 10.1. The highest BCUT2D eigenvalue weighted by atomic mass is 16.5. The van der Waals surface area contributed by atoms with Crippen molar-refractivity contribution in [2.75, 3.05) is 5.73 Å². The average Bonchev–Trinajstić information content (AvgIpc) is 2.46. The lowest BCUT2D eigenvalue weighted by Crippen LogP contribution is -2.11. The molecule has 2 aromatic rings. The van der Waals surface area contributed by atoms with Crippen LogP contribution in [0.5, 0.6) is 5.75 Å². The number of carboxylic acid groups (broad SMARTS) is 1. The van der Waals surface area contributed by atoms with Crippen LogP contribution in [0.1, 0.15) is 26.3 Å². The Kier molecular flexibility index (Phi) is 4.08. The molecule has 2 aromatic carbocycles. The first-order chi connectivity index (χ1) is 9.99. The Balaban J connectivity index is 2.16. The van der Waals surface area contributed by atoms with E-state index in [4.69, 9.17) is 21.3 Å². The molecule has 0 bridgehead atoms. The lowest BCUT2D eigenvalue weighted by molar-refractivity contribution is 0.0691. The molecule has 0 saturated heterocycles. The number of hydrogen-bond acceptors (Lipinski definition) is 4. The van der Waals surface area contributed by atoms with Crippen molar-refractivity contribution in [3.63, 3.8) is 0 Å². The molecule has 1 amide bonds. The molecule has 6 heteroatoms. The smallest absolute Gasteiger partial charge is 0.339 e. The minimum atomic E-state index is -1.11. The van der Waals surface area contributed by atoms with E-state index in [1.54, 1.807) is 36.4 Å². The molecule has 0 spiro atoms. The van der Waals surface area contributed by atoms with Gasteiger partial charge in [0.15, 0.2) is 5.75 Å². The van der Waals surface area contributed by atoms with Gasteiger partial charge in [0.05, 0.1) is 5.69 Å². The number of carboxylic acids is 1. The van der Waals surface area contributed by atoms with Crippen molar-refractivity contribution in [2.45, 2.75) is 6.61 Å². The molecule has 0 aromatic heterocycles. The first-order valence-electron chi connectivity index (χ1n) is 6.12. The summed E-state index contributed by atoms with van der Waals surface area (Å²) in [6.07, 6.45) is 0. The Morgan fingerprint density at radius 1 is 1.10 bits per heavy atom. The van der Waals surface area contributed by atoms with Crippen LogP contribution in [0.25, 0.3) is 0 Å². The molecule has 0 unspecified atom stereocenters. The monoisotopic (exact) mass is 286 g/mol. The number of para-hydroxylation sites is 1. The van der Waals surface area contributed by atoms with Crippen molar-refractivity contribution in [3.8, 4) is 5.75 Å². The Bertz CT molecular complexity index is 681. The summed E-state index contributed by atoms with van der Waals surface area (Å²) in [5, 5.41) is 9.10. The molecule has 0 heterocycles. The summed E-state index contributed by atoms with van der Waals surface area (Å²) in [6.45, 7) is 0.132. The van der Waals surface area contributed by atoms with Gasteiger partial charge in [-0.1, -0.05) is 18.2 Å². The van der Waals surface area contributed by atoms with Crippen molar-refractivity contribution >= 4 is 17.6 Å². The van der Waals surface area contributed by atoms with E-state index < -0.39 is 11.9 Å². The van der Waals surface area contributed by atoms with E-state index in [2.05, 4.69) is 0 Å². The maximum atomic E-state index is 11.1. The maximum absolute atomic E-state index is 11.1. The number of benzene rings is 2. The number of hydrogen-bond donors (Lipinski definition) is 3. The number of primary amides is 1. The molecule has 21 heavy (non-hydrogen) atoms. The van der Waals surface area contributed by atoms with Crippen LogP contribution in [0.15, 0.2) is 42.5 Å². The van der Waals surface area contributed by atoms with E-state index in [1.807, 2.05) is 0 Å². The number of carbonyl (C=O) groups is 2. The third-order valence-corrected chi connectivity index (χ3v) is 2.90. The number of rotatable bonds is 5. The summed E-state index contributed by atoms with van der Waals surface area (Å²) in [7, 11) is 0. The van der Waals surface area contributed by atoms with Crippen molar-refractivity contribution in [1.82, 2.24) is 0 Å². The highest BCUT2D eigenvalue weighted by Gasteiger charge is 2.14. The Morgan fingerprint density at radius 3 is 2.33 bits per heavy atom. The number of nitrogens with two attached hydrogens (primary N) is 2. The number of nitrogen functional groups attached to an aromatic ring is 1. The fourth-order valence-corrected chi connectivity index (χ4v) is 1.81. The third kappa shape index (κ3) is 3.30. The van der Waals surface area contributed by atoms with Gasteiger partial charge in [0.1, 0.15) is 12.2 Å². The van der Waals surface area contributed by atoms with Gasteiger partial charge in [-0.3, -0.25) is 4.79 Å². The maximum Gasteiger partial charge on any atom is 0.339 e. The zero-order chi connectivity index (χ0) is 15.4. The van der Waals surface area contributed by atoms with Gasteiger partial charge >= 0.3 is 5.97 Å². The molecular formula is C15H14N2O4. The predicted octanol–water partition coefficient (Wildman–Crippen LogP) is 1.64. The zero-order valence-electron chi connectivity index (χ0n) is 11.1. The number of aromatic carboxylic acids is 1. The minimum Gasteiger partial charge on any atom is -0.486 e. The van der Waals surface area contributed by atoms with Crippen LogP contribution in [0.4, 0.5) is 5.69 Å². The van der Waals surface area contributed by atoms with Crippen LogP contribution in [0, 0.1) is 0 Å². The quantitative estimate of drug-likeness (QED) is 0.723. The Hall–Kier alpha value is -3.02. The second kappa shape index (κ2) is 5.96. The molecule has 0 fully saturated rings. The molecule has 0 saturated carbocycles. The molecule has 2 rings (SSSR count). The summed E-state index contributed by atoms with van der Waals surface area (Å²) < 4.78 is 5.49. The number of ether oxygens (including phenoxy) is 1. The second-order valence-corrected chi connectivity index (χ2v) is 4.38. The molecule has 0 aliphatic rings. The van der Waals surface area contributed by atoms with Crippen molar-refractivity contribution < 1.29 is 19.4 Å². The van der Waals surface area contributed by atoms with Crippen LogP contribution < -0.4 is 16.2 Å². The molecule has 0 atom stereocenters. The minimum absolute atomic E-state index is 0.00348. The lowest BCUT2D eigenvalue weighted by atomic mass is 10.1. The van der Waals surface area contributed by atoms with E-state index in [-0.39, 0.29) is 23.6 Å². The second-order valence-electron chi connectivity index (χ2n) is 4.38. The SMILES string of the molecule is NC(=O)c1ccc(COc2c(N)cccc2C(=O)O)cc1. The zero-order valence-corrected chi connectivity index (χ0v) is 11.1. The van der Waals surface area contributed by atoms with Gasteiger partial charge in [-0.05, 0) is 29.8 Å². The first-order valence-corrected chi connectivity index (χ1v) is 6.12. The van der Waals surface area contributed by atoms with Gasteiger partial charge in [0.2, 0.25) is 5.91 Å². The van der Waals surface area contributed by atoms with Gasteiger partial charge in [0.25, 0.3) is 0 Å². The Morgan fingerprint density at radius 2 is 1.76 bits per heavy atom. The van der Waals surface area contributed by atoms with Gasteiger partial charge in [-0.25, -0.2) is 4.79 Å². The summed E-state index contributed by atoms with van der Waals surface area (Å²) >= 11 is 0. The van der Waals surface area contributed by atoms with Gasteiger partial charge in [-0.15, -0.1) is 0 Å². The van der Waals surface area contributed by atoms with Crippen LogP contribution in [0.2, 0.25) is 0 Å². The number of carbonyl (C=O) groups excluding carboxylic acids is 1. The largest absolute Gasteiger partial charge is 0.486 e. The van der Waals surface area contributed by atoms with E-state index in [0.29, 0.717) is 5.56 Å². The molecule has 0 aliphatic carbocycles. The summed E-state index contributed by atoms with van der Waals surface area (Å²) in [6, 6.07) is 11.1. The van der Waals surface area contributed by atoms with E-state index in [1.165, 1.54) is 6.07 Å². The summed E-state index contributed by atoms with van der Waals surface area (Å²) in [4.78, 5) is 22.1. The van der Waals surface area contributed by atoms with E-state index >= 15 is 0 Å². The number of anilines is 1. The standard InChI is InChI=1S/C15H14N2O4/c16-12-3-1-2-11(15(19)20)13(12)21-8-9-4-6-10(7-5-9)14(17)18/h1-7H,8,16H2,(H2,17,18)(H,19,20). The van der Waals surface area contributed by atoms with Gasteiger partial charge < -0.3 is 21.3 Å². The molecular weight excluding hydrogens is 272 g/mol. The lowest BCUT2D eigenvalue weighted by Gasteiger charge is -2.11. The van der Waals surface area contributed by atoms with Crippen LogP contribution in [0.3, 0.4) is 0 Å². The van der Waals surface area contributed by atoms with E-state index in [9.17, 15) is 9.59 Å². The van der Waals surface area contributed by atoms with Gasteiger partial charge in [0, 0.05) is 5.56 Å². The first kappa shape index (κ1) is 14.4. The van der Waals surface area contributed by atoms with Crippen molar-refractivity contribution in [1.29, 1.82) is 0 Å². The summed E-state index contributed by atoms with van der Waals surface area (Å²) in [5.74, 6) is -1.49. The molecule has 0 radical (unpaired) electrons. The highest BCUT2D eigenvalue weighted by molar-refractivity contribution is 5.93. The van der Waals surface area contributed by atoms with Crippen LogP contribution in [-0.4, -0.2) is 17.0 Å². The van der Waals surface area contributed by atoms with Crippen LogP contribution >= 0.6 is 0 Å². The highest BCUT2D eigenvalue weighted by Crippen LogP contribution is 2.27. The van der Waals surface area contributed by atoms with Crippen LogP contribution in [-0.2, 0) is 6.61 Å². The van der Waals surface area contributed by atoms with Crippen molar-refractivity contribution in [3.05, 3.63) is 59.2 Å². The van der Waals surface area contributed by atoms with E-state index in [0.717, 1.165) is 5.56 Å². The molecule has 6 nitrogen and oxygen atoms in total. The third-order valence-electron chi connectivity index (χ3n) is 2.90. The fraction of sp³-hybridized carbons (Fsp3) is 0.0667. The average molecular weight is 286 g/mol. The van der Waals surface area contributed by atoms with Crippen molar-refractivity contribution in [2.24, 2.45) is 5.73 Å². The number of amides is 1. The molecule has 108 valence electrons. The Labute approximate surface area is 120 Å². The topological polar surface area (TPSA) is 116 Å². The van der Waals surface area contributed by atoms with Gasteiger partial charge in [-0.2, -0.15) is 0 Å². The predicted molar refractivity (Wildman–Crippen MR) is 77.1 cm³/mol. The molecule has 0 aliphatic heterocycles. The fourth-order valence-electron chi connectivity index (χ4n) is 1.81.